The first-order valence-electron chi connectivity index (χ1n) is 9.27. The van der Waals surface area contributed by atoms with Gasteiger partial charge in [-0.2, -0.15) is 0 Å². The van der Waals surface area contributed by atoms with E-state index >= 15 is 0 Å². The maximum Gasteiger partial charge on any atom is 0.224 e. The Balaban J connectivity index is 1.86. The third-order valence-corrected chi connectivity index (χ3v) is 4.99. The molecular formula is C22H28O2S. The molecule has 0 aliphatic carbocycles. The first kappa shape index (κ1) is 19.6. The standard InChI is InChI=1S/C22H28O2S/c1-3-5-7-8-18-9-15-21(16-10-18)25-22(23)19-11-13-20(14-12-19)24-17-6-4-2/h9-16H,3-8,17H2,1-2H3. The Hall–Kier alpha value is -1.74. The fourth-order valence-electron chi connectivity index (χ4n) is 2.49. The molecule has 0 saturated heterocycles. The highest BCUT2D eigenvalue weighted by Gasteiger charge is 2.08. The Labute approximate surface area is 156 Å². The molecule has 0 saturated carbocycles. The second kappa shape index (κ2) is 11.0. The van der Waals surface area contributed by atoms with Crippen molar-refractivity contribution in [3.8, 4) is 5.75 Å². The van der Waals surface area contributed by atoms with Crippen LogP contribution in [0.1, 0.15) is 61.9 Å². The van der Waals surface area contributed by atoms with Gasteiger partial charge < -0.3 is 4.74 Å². The first-order valence-corrected chi connectivity index (χ1v) is 10.1. The summed E-state index contributed by atoms with van der Waals surface area (Å²) in [5, 5.41) is 0.0684. The van der Waals surface area contributed by atoms with Gasteiger partial charge in [-0.25, -0.2) is 0 Å². The van der Waals surface area contributed by atoms with Gasteiger partial charge in [0.1, 0.15) is 5.75 Å². The predicted molar refractivity (Wildman–Crippen MR) is 107 cm³/mol. The second-order valence-corrected chi connectivity index (χ2v) is 7.26. The van der Waals surface area contributed by atoms with Crippen molar-refractivity contribution in [2.45, 2.75) is 57.3 Å². The van der Waals surface area contributed by atoms with Gasteiger partial charge in [0.2, 0.25) is 5.12 Å². The van der Waals surface area contributed by atoms with Crippen LogP contribution in [0.25, 0.3) is 0 Å². The maximum absolute atomic E-state index is 12.4. The predicted octanol–water partition coefficient (Wildman–Crippen LogP) is 6.53. The van der Waals surface area contributed by atoms with Gasteiger partial charge in [0.05, 0.1) is 6.61 Å². The number of unbranched alkanes of at least 4 members (excludes halogenated alkanes) is 3. The van der Waals surface area contributed by atoms with Gasteiger partial charge in [0.25, 0.3) is 0 Å². The zero-order chi connectivity index (χ0) is 17.9. The van der Waals surface area contributed by atoms with E-state index in [1.54, 1.807) is 0 Å². The number of thioether (sulfide) groups is 1. The second-order valence-electron chi connectivity index (χ2n) is 6.22. The lowest BCUT2D eigenvalue weighted by Gasteiger charge is -2.06. The van der Waals surface area contributed by atoms with Crippen molar-refractivity contribution < 1.29 is 9.53 Å². The van der Waals surface area contributed by atoms with Crippen molar-refractivity contribution >= 4 is 16.9 Å². The number of carbonyl (C=O) groups excluding carboxylic acids is 1. The Kier molecular flexibility index (Phi) is 8.61. The molecule has 0 bridgehead atoms. The van der Waals surface area contributed by atoms with Gasteiger partial charge in [-0.1, -0.05) is 45.2 Å². The number of rotatable bonds is 10. The van der Waals surface area contributed by atoms with Crippen molar-refractivity contribution in [1.82, 2.24) is 0 Å². The molecule has 0 radical (unpaired) electrons. The summed E-state index contributed by atoms with van der Waals surface area (Å²) in [6, 6.07) is 15.8. The van der Waals surface area contributed by atoms with Gasteiger partial charge in [-0.05, 0) is 73.0 Å². The normalized spacial score (nSPS) is 10.6. The van der Waals surface area contributed by atoms with E-state index in [2.05, 4.69) is 26.0 Å². The number of ether oxygens (including phenoxy) is 1. The summed E-state index contributed by atoms with van der Waals surface area (Å²) in [7, 11) is 0. The monoisotopic (exact) mass is 356 g/mol. The molecule has 0 fully saturated rings. The van der Waals surface area contributed by atoms with Crippen molar-refractivity contribution in [2.75, 3.05) is 6.61 Å². The zero-order valence-corrected chi connectivity index (χ0v) is 16.1. The van der Waals surface area contributed by atoms with Crippen LogP contribution in [0.3, 0.4) is 0 Å². The van der Waals surface area contributed by atoms with Gasteiger partial charge in [0.15, 0.2) is 0 Å². The number of hydrogen-bond donors (Lipinski definition) is 0. The summed E-state index contributed by atoms with van der Waals surface area (Å²) in [5.41, 5.74) is 2.05. The van der Waals surface area contributed by atoms with Gasteiger partial charge in [0, 0.05) is 10.5 Å². The summed E-state index contributed by atoms with van der Waals surface area (Å²) >= 11 is 1.28. The summed E-state index contributed by atoms with van der Waals surface area (Å²) in [4.78, 5) is 13.4. The molecule has 134 valence electrons. The minimum Gasteiger partial charge on any atom is -0.494 e. The number of hydrogen-bond acceptors (Lipinski definition) is 3. The molecular weight excluding hydrogens is 328 g/mol. The van der Waals surface area contributed by atoms with Crippen LogP contribution in [-0.4, -0.2) is 11.7 Å². The lowest BCUT2D eigenvalue weighted by atomic mass is 10.1. The SMILES string of the molecule is CCCCCc1ccc(SC(=O)c2ccc(OCCCC)cc2)cc1. The summed E-state index contributed by atoms with van der Waals surface area (Å²) in [6.07, 6.45) is 7.02. The van der Waals surface area contributed by atoms with Crippen molar-refractivity contribution in [2.24, 2.45) is 0 Å². The van der Waals surface area contributed by atoms with Gasteiger partial charge in [-0.15, -0.1) is 0 Å². The van der Waals surface area contributed by atoms with E-state index in [1.807, 2.05) is 36.4 Å². The highest BCUT2D eigenvalue weighted by molar-refractivity contribution is 8.14. The molecule has 25 heavy (non-hydrogen) atoms. The molecule has 2 aromatic carbocycles. The average molecular weight is 357 g/mol. The Morgan fingerprint density at radius 1 is 0.880 bits per heavy atom. The van der Waals surface area contributed by atoms with Crippen LogP contribution in [0.4, 0.5) is 0 Å². The molecule has 0 amide bonds. The number of benzene rings is 2. The topological polar surface area (TPSA) is 26.3 Å². The third-order valence-electron chi connectivity index (χ3n) is 4.06. The molecule has 0 aromatic heterocycles. The minimum absolute atomic E-state index is 0.0684. The van der Waals surface area contributed by atoms with Gasteiger partial charge in [-0.3, -0.25) is 4.79 Å². The van der Waals surface area contributed by atoms with E-state index in [0.717, 1.165) is 36.5 Å². The summed E-state index contributed by atoms with van der Waals surface area (Å²) in [6.45, 7) is 5.08. The zero-order valence-electron chi connectivity index (χ0n) is 15.3. The van der Waals surface area contributed by atoms with Crippen molar-refractivity contribution in [1.29, 1.82) is 0 Å². The summed E-state index contributed by atoms with van der Waals surface area (Å²) in [5.74, 6) is 0.825. The molecule has 0 atom stereocenters. The van der Waals surface area contributed by atoms with Crippen molar-refractivity contribution in [3.63, 3.8) is 0 Å². The average Bonchev–Trinajstić information content (AvgIpc) is 2.64. The third kappa shape index (κ3) is 6.95. The van der Waals surface area contributed by atoms with Crippen LogP contribution in [0.2, 0.25) is 0 Å². The molecule has 0 aliphatic heterocycles. The van der Waals surface area contributed by atoms with E-state index in [9.17, 15) is 4.79 Å². The van der Waals surface area contributed by atoms with Crippen LogP contribution in [0, 0.1) is 0 Å². The first-order chi connectivity index (χ1) is 12.2. The van der Waals surface area contributed by atoms with E-state index in [-0.39, 0.29) is 5.12 Å². The fraction of sp³-hybridized carbons (Fsp3) is 0.409. The quantitative estimate of drug-likeness (QED) is 0.357. The molecule has 0 aliphatic rings. The Morgan fingerprint density at radius 3 is 2.20 bits per heavy atom. The van der Waals surface area contributed by atoms with Crippen LogP contribution in [0.5, 0.6) is 5.75 Å². The van der Waals surface area contributed by atoms with Crippen LogP contribution in [0.15, 0.2) is 53.4 Å². The van der Waals surface area contributed by atoms with Crippen LogP contribution < -0.4 is 4.74 Å². The summed E-state index contributed by atoms with van der Waals surface area (Å²) < 4.78 is 5.63. The molecule has 3 heteroatoms. The highest BCUT2D eigenvalue weighted by atomic mass is 32.2. The minimum atomic E-state index is 0.0684. The molecule has 2 nitrogen and oxygen atoms in total. The highest BCUT2D eigenvalue weighted by Crippen LogP contribution is 2.25. The van der Waals surface area contributed by atoms with E-state index < -0.39 is 0 Å². The molecule has 0 N–H and O–H groups in total. The Morgan fingerprint density at radius 2 is 1.56 bits per heavy atom. The van der Waals surface area contributed by atoms with Crippen LogP contribution >= 0.6 is 11.8 Å². The molecule has 0 spiro atoms. The smallest absolute Gasteiger partial charge is 0.224 e. The lowest BCUT2D eigenvalue weighted by molar-refractivity contribution is 0.108. The number of aryl methyl sites for hydroxylation is 1. The fourth-order valence-corrected chi connectivity index (χ4v) is 3.23. The van der Waals surface area contributed by atoms with E-state index in [4.69, 9.17) is 4.74 Å². The number of carbonyl (C=O) groups is 1. The largest absolute Gasteiger partial charge is 0.494 e. The maximum atomic E-state index is 12.4. The van der Waals surface area contributed by atoms with E-state index in [1.165, 1.54) is 36.6 Å². The molecule has 0 heterocycles. The lowest BCUT2D eigenvalue weighted by Crippen LogP contribution is -1.98. The molecule has 2 aromatic rings. The van der Waals surface area contributed by atoms with Gasteiger partial charge >= 0.3 is 0 Å². The molecule has 0 unspecified atom stereocenters. The van der Waals surface area contributed by atoms with Crippen LogP contribution in [-0.2, 0) is 6.42 Å². The van der Waals surface area contributed by atoms with E-state index in [0.29, 0.717) is 5.56 Å². The molecule has 2 rings (SSSR count). The van der Waals surface area contributed by atoms with Crippen molar-refractivity contribution in [3.05, 3.63) is 59.7 Å². The Bertz CT molecular complexity index is 632.